The molecule has 39 heavy (non-hydrogen) atoms. The zero-order chi connectivity index (χ0) is 28.2. The number of hydrogen-bond acceptors (Lipinski definition) is 7. The minimum atomic E-state index is -0.763. The van der Waals surface area contributed by atoms with E-state index in [0.29, 0.717) is 25.4 Å². The normalized spacial score (nSPS) is 14.1. The quantitative estimate of drug-likeness (QED) is 0.262. The second kappa shape index (κ2) is 12.0. The van der Waals surface area contributed by atoms with Gasteiger partial charge in [-0.15, -0.1) is 0 Å². The van der Waals surface area contributed by atoms with Crippen molar-refractivity contribution in [1.29, 1.82) is 0 Å². The van der Waals surface area contributed by atoms with Crippen molar-refractivity contribution in [3.05, 3.63) is 81.7 Å². The topological polar surface area (TPSA) is 118 Å². The van der Waals surface area contributed by atoms with E-state index < -0.39 is 23.0 Å². The zero-order valence-corrected chi connectivity index (χ0v) is 22.8. The summed E-state index contributed by atoms with van der Waals surface area (Å²) in [5.41, 5.74) is 0.262. The first-order chi connectivity index (χ1) is 18.6. The number of amides is 1. The number of para-hydroxylation sites is 1. The maximum atomic E-state index is 14.8. The number of aliphatic hydroxyl groups is 1. The average molecular weight is 538 g/mol. The fourth-order valence-corrected chi connectivity index (χ4v) is 4.25. The molecule has 1 aliphatic rings. The lowest BCUT2D eigenvalue weighted by Crippen LogP contribution is -2.34. The highest BCUT2D eigenvalue weighted by atomic mass is 19.1. The first kappa shape index (κ1) is 28.3. The van der Waals surface area contributed by atoms with Crippen LogP contribution in [0.1, 0.15) is 55.1 Å². The number of carbonyl (C=O) groups excluding carboxylic acids is 1. The van der Waals surface area contributed by atoms with E-state index in [1.165, 1.54) is 29.1 Å². The van der Waals surface area contributed by atoms with Crippen molar-refractivity contribution in [1.82, 2.24) is 20.2 Å². The standard InChI is InChI=1S/C29H36FN5O4/c1-18(36)17-31-12-14-39-25-8-6-5-7-22(25)29(3,4)34-26-28(38)35(13-11-32-26)24-16-20(15-23(30)19(24)2)27(37)33-21-9-10-21/h5-8,11,13,15-16,18,21,31,36H,9-10,12,14,17H2,1-4H3,(H,32,34)(H,33,37)/t18-/m1/s1. The van der Waals surface area contributed by atoms with E-state index in [9.17, 15) is 19.1 Å². The third-order valence-electron chi connectivity index (χ3n) is 6.56. The van der Waals surface area contributed by atoms with Crippen LogP contribution < -0.4 is 26.2 Å². The minimum Gasteiger partial charge on any atom is -0.492 e. The third kappa shape index (κ3) is 7.01. The van der Waals surface area contributed by atoms with E-state index >= 15 is 0 Å². The van der Waals surface area contributed by atoms with Crippen LogP contribution in [0.4, 0.5) is 10.2 Å². The molecule has 3 aromatic rings. The molecule has 0 saturated heterocycles. The molecule has 208 valence electrons. The number of hydrogen-bond donors (Lipinski definition) is 4. The number of ether oxygens (including phenoxy) is 1. The molecule has 0 radical (unpaired) electrons. The van der Waals surface area contributed by atoms with Crippen molar-refractivity contribution in [3.63, 3.8) is 0 Å². The van der Waals surface area contributed by atoms with Crippen molar-refractivity contribution in [2.24, 2.45) is 0 Å². The molecular weight excluding hydrogens is 501 g/mol. The minimum absolute atomic E-state index is 0.0727. The van der Waals surface area contributed by atoms with Gasteiger partial charge >= 0.3 is 0 Å². The molecule has 0 spiro atoms. The van der Waals surface area contributed by atoms with Crippen molar-refractivity contribution in [2.75, 3.05) is 25.0 Å². The second-order valence-corrected chi connectivity index (χ2v) is 10.4. The Hall–Kier alpha value is -3.76. The zero-order valence-electron chi connectivity index (χ0n) is 22.8. The summed E-state index contributed by atoms with van der Waals surface area (Å²) in [5, 5.41) is 18.6. The fraction of sp³-hybridized carbons (Fsp3) is 0.414. The van der Waals surface area contributed by atoms with Crippen LogP contribution in [0.5, 0.6) is 5.75 Å². The number of carbonyl (C=O) groups is 1. The molecule has 4 rings (SSSR count). The molecule has 1 aromatic heterocycles. The molecule has 1 saturated carbocycles. The molecule has 1 fully saturated rings. The van der Waals surface area contributed by atoms with Crippen molar-refractivity contribution in [3.8, 4) is 11.4 Å². The molecule has 2 aromatic carbocycles. The highest BCUT2D eigenvalue weighted by Crippen LogP contribution is 2.32. The molecule has 1 amide bonds. The van der Waals surface area contributed by atoms with Crippen molar-refractivity contribution < 1.29 is 19.0 Å². The predicted octanol–water partition coefficient (Wildman–Crippen LogP) is 3.27. The van der Waals surface area contributed by atoms with Gasteiger partial charge < -0.3 is 25.8 Å². The monoisotopic (exact) mass is 537 g/mol. The van der Waals surface area contributed by atoms with Gasteiger partial charge in [0.2, 0.25) is 0 Å². The molecule has 1 aliphatic carbocycles. The summed E-state index contributed by atoms with van der Waals surface area (Å²) in [6, 6.07) is 10.4. The maximum absolute atomic E-state index is 14.8. The van der Waals surface area contributed by atoms with E-state index in [1.807, 2.05) is 38.1 Å². The number of halogens is 1. The number of nitrogens with one attached hydrogen (secondary N) is 3. The van der Waals surface area contributed by atoms with Gasteiger partial charge in [0, 0.05) is 48.2 Å². The van der Waals surface area contributed by atoms with E-state index in [-0.39, 0.29) is 34.6 Å². The lowest BCUT2D eigenvalue weighted by atomic mass is 9.93. The van der Waals surface area contributed by atoms with Gasteiger partial charge in [0.05, 0.1) is 17.3 Å². The summed E-state index contributed by atoms with van der Waals surface area (Å²) in [5.74, 6) is -0.209. The Morgan fingerprint density at radius 1 is 1.28 bits per heavy atom. The van der Waals surface area contributed by atoms with Gasteiger partial charge in [-0.3, -0.25) is 14.2 Å². The SMILES string of the molecule is Cc1c(F)cc(C(=O)NC2CC2)cc1-n1ccnc(NC(C)(C)c2ccccc2OCCNC[C@@H](C)O)c1=O. The van der Waals surface area contributed by atoms with Crippen LogP contribution in [0, 0.1) is 12.7 Å². The molecule has 1 atom stereocenters. The number of anilines is 1. The lowest BCUT2D eigenvalue weighted by molar-refractivity contribution is 0.0950. The molecule has 10 heteroatoms. The summed E-state index contributed by atoms with van der Waals surface area (Å²) in [7, 11) is 0. The van der Waals surface area contributed by atoms with Gasteiger partial charge in [0.15, 0.2) is 5.82 Å². The van der Waals surface area contributed by atoms with E-state index in [1.54, 1.807) is 13.8 Å². The number of benzene rings is 2. The summed E-state index contributed by atoms with van der Waals surface area (Å²) in [6.07, 6.45) is 4.31. The highest BCUT2D eigenvalue weighted by Gasteiger charge is 2.27. The van der Waals surface area contributed by atoms with Crippen molar-refractivity contribution >= 4 is 11.7 Å². The number of nitrogens with zero attached hydrogens (tertiary/aromatic N) is 2. The molecule has 0 aliphatic heterocycles. The van der Waals surface area contributed by atoms with Crippen LogP contribution >= 0.6 is 0 Å². The Labute approximate surface area is 227 Å². The Bertz CT molecular complexity index is 1380. The molecule has 0 unspecified atom stereocenters. The smallest absolute Gasteiger partial charge is 0.297 e. The van der Waals surface area contributed by atoms with Crippen LogP contribution in [0.15, 0.2) is 53.6 Å². The Morgan fingerprint density at radius 3 is 2.74 bits per heavy atom. The van der Waals surface area contributed by atoms with Gasteiger partial charge in [0.1, 0.15) is 18.2 Å². The molecule has 4 N–H and O–H groups in total. The van der Waals surface area contributed by atoms with Crippen LogP contribution in [0.2, 0.25) is 0 Å². The molecule has 1 heterocycles. The predicted molar refractivity (Wildman–Crippen MR) is 148 cm³/mol. The average Bonchev–Trinajstić information content (AvgIpc) is 3.71. The van der Waals surface area contributed by atoms with Crippen LogP contribution in [-0.2, 0) is 5.54 Å². The summed E-state index contributed by atoms with van der Waals surface area (Å²) in [4.78, 5) is 30.4. The summed E-state index contributed by atoms with van der Waals surface area (Å²) in [6.45, 7) is 8.53. The fourth-order valence-electron chi connectivity index (χ4n) is 4.25. The number of aromatic nitrogens is 2. The van der Waals surface area contributed by atoms with E-state index in [0.717, 1.165) is 18.4 Å². The van der Waals surface area contributed by atoms with Crippen LogP contribution in [-0.4, -0.2) is 52.4 Å². The van der Waals surface area contributed by atoms with Gasteiger partial charge in [-0.2, -0.15) is 0 Å². The summed E-state index contributed by atoms with van der Waals surface area (Å²) < 4.78 is 22.1. The van der Waals surface area contributed by atoms with Gasteiger partial charge in [-0.25, -0.2) is 9.37 Å². The largest absolute Gasteiger partial charge is 0.492 e. The highest BCUT2D eigenvalue weighted by molar-refractivity contribution is 5.95. The third-order valence-corrected chi connectivity index (χ3v) is 6.56. The Balaban J connectivity index is 1.58. The number of rotatable bonds is 12. The van der Waals surface area contributed by atoms with Crippen molar-refractivity contribution in [2.45, 2.75) is 58.2 Å². The molecular formula is C29H36FN5O4. The first-order valence-electron chi connectivity index (χ1n) is 13.1. The van der Waals surface area contributed by atoms with Gasteiger partial charge in [-0.1, -0.05) is 18.2 Å². The Morgan fingerprint density at radius 2 is 2.03 bits per heavy atom. The molecule has 0 bridgehead atoms. The lowest BCUT2D eigenvalue weighted by Gasteiger charge is -2.29. The second-order valence-electron chi connectivity index (χ2n) is 10.4. The maximum Gasteiger partial charge on any atom is 0.297 e. The first-order valence-corrected chi connectivity index (χ1v) is 13.1. The molecule has 9 nitrogen and oxygen atoms in total. The summed E-state index contributed by atoms with van der Waals surface area (Å²) >= 11 is 0. The van der Waals surface area contributed by atoms with E-state index in [2.05, 4.69) is 20.9 Å². The van der Waals surface area contributed by atoms with Gasteiger partial charge in [-0.05, 0) is 58.7 Å². The van der Waals surface area contributed by atoms with Crippen LogP contribution in [0.25, 0.3) is 5.69 Å². The van der Waals surface area contributed by atoms with E-state index in [4.69, 9.17) is 4.74 Å². The van der Waals surface area contributed by atoms with Crippen LogP contribution in [0.3, 0.4) is 0 Å². The van der Waals surface area contributed by atoms with Gasteiger partial charge in [0.25, 0.3) is 11.5 Å². The Kier molecular flexibility index (Phi) is 8.66. The number of aliphatic hydroxyl groups excluding tert-OH is 1.